The van der Waals surface area contributed by atoms with Gasteiger partial charge in [-0.25, -0.2) is 9.18 Å². The highest BCUT2D eigenvalue weighted by Crippen LogP contribution is 2.23. The van der Waals surface area contributed by atoms with Crippen LogP contribution in [0.1, 0.15) is 0 Å². The smallest absolute Gasteiger partial charge is 0.328 e. The van der Waals surface area contributed by atoms with Crippen molar-refractivity contribution in [1.82, 2.24) is 5.32 Å². The number of hydrogen-bond donors (Lipinski definition) is 2. The molecule has 1 aromatic rings. The second-order valence-electron chi connectivity index (χ2n) is 3.51. The molecule has 0 aliphatic heterocycles. The lowest BCUT2D eigenvalue weighted by Crippen LogP contribution is -2.44. The average Bonchev–Trinajstić information content (AvgIpc) is 2.32. The third-order valence-electron chi connectivity index (χ3n) is 1.99. The van der Waals surface area contributed by atoms with Crippen LogP contribution in [0.3, 0.4) is 0 Å². The van der Waals surface area contributed by atoms with Crippen molar-refractivity contribution in [3.05, 3.63) is 28.2 Å². The van der Waals surface area contributed by atoms with Crippen LogP contribution in [0, 0.1) is 0 Å². The molecule has 19 heavy (non-hydrogen) atoms. The molecule has 104 valence electrons. The van der Waals surface area contributed by atoms with E-state index in [-0.39, 0.29) is 5.75 Å². The molecule has 0 saturated heterocycles. The summed E-state index contributed by atoms with van der Waals surface area (Å²) in [4.78, 5) is 21.8. The SMILES string of the molecule is O=C(COc1cc(Cl)cc(Cl)c1)NC(CF)C(=O)O. The molecule has 0 fully saturated rings. The van der Waals surface area contributed by atoms with Gasteiger partial charge in [-0.15, -0.1) is 0 Å². The predicted octanol–water partition coefficient (Wildman–Crippen LogP) is 1.91. The number of alkyl halides is 1. The second kappa shape index (κ2) is 7.16. The van der Waals surface area contributed by atoms with Crippen LogP contribution in [0.15, 0.2) is 18.2 Å². The lowest BCUT2D eigenvalue weighted by Gasteiger charge is -2.11. The highest BCUT2D eigenvalue weighted by molar-refractivity contribution is 6.34. The summed E-state index contributed by atoms with van der Waals surface area (Å²) in [6, 6.07) is 2.77. The molecule has 5 nitrogen and oxygen atoms in total. The predicted molar refractivity (Wildman–Crippen MR) is 67.5 cm³/mol. The van der Waals surface area contributed by atoms with E-state index in [0.29, 0.717) is 10.0 Å². The van der Waals surface area contributed by atoms with E-state index in [0.717, 1.165) is 0 Å². The molecule has 0 bridgehead atoms. The number of halogens is 3. The molecular weight excluding hydrogens is 300 g/mol. The van der Waals surface area contributed by atoms with Gasteiger partial charge in [0.1, 0.15) is 12.4 Å². The fourth-order valence-electron chi connectivity index (χ4n) is 1.16. The van der Waals surface area contributed by atoms with E-state index in [1.54, 1.807) is 0 Å². The van der Waals surface area contributed by atoms with Crippen molar-refractivity contribution in [1.29, 1.82) is 0 Å². The van der Waals surface area contributed by atoms with Gasteiger partial charge >= 0.3 is 5.97 Å². The number of carboxylic acid groups (broad SMARTS) is 1. The molecule has 1 aromatic carbocycles. The second-order valence-corrected chi connectivity index (χ2v) is 4.38. The summed E-state index contributed by atoms with van der Waals surface area (Å²) < 4.78 is 17.3. The molecule has 0 aliphatic rings. The fourth-order valence-corrected chi connectivity index (χ4v) is 1.67. The van der Waals surface area contributed by atoms with Crippen LogP contribution >= 0.6 is 23.2 Å². The van der Waals surface area contributed by atoms with Crippen LogP contribution < -0.4 is 10.1 Å². The standard InChI is InChI=1S/C11H10Cl2FNO4/c12-6-1-7(13)3-8(2-6)19-5-10(16)15-9(4-14)11(17)18/h1-3,9H,4-5H2,(H,15,16)(H,17,18). The van der Waals surface area contributed by atoms with Gasteiger partial charge in [-0.3, -0.25) is 4.79 Å². The zero-order valence-corrected chi connectivity index (χ0v) is 11.0. The Labute approximate surface area is 118 Å². The Kier molecular flexibility index (Phi) is 5.85. The maximum Gasteiger partial charge on any atom is 0.328 e. The van der Waals surface area contributed by atoms with Crippen LogP contribution in [-0.2, 0) is 9.59 Å². The Morgan fingerprint density at radius 1 is 1.32 bits per heavy atom. The molecule has 8 heteroatoms. The molecule has 1 rings (SSSR count). The molecule has 0 heterocycles. The fraction of sp³-hybridized carbons (Fsp3) is 0.273. The first kappa shape index (κ1) is 15.5. The summed E-state index contributed by atoms with van der Waals surface area (Å²) in [6.07, 6.45) is 0. The van der Waals surface area contributed by atoms with Gasteiger partial charge in [-0.1, -0.05) is 23.2 Å². The van der Waals surface area contributed by atoms with E-state index in [4.69, 9.17) is 33.0 Å². The summed E-state index contributed by atoms with van der Waals surface area (Å²) in [5.41, 5.74) is 0. The molecule has 0 saturated carbocycles. The van der Waals surface area contributed by atoms with Crippen molar-refractivity contribution in [2.45, 2.75) is 6.04 Å². The highest BCUT2D eigenvalue weighted by atomic mass is 35.5. The lowest BCUT2D eigenvalue weighted by molar-refractivity contribution is -0.142. The summed E-state index contributed by atoms with van der Waals surface area (Å²) in [5.74, 6) is -1.97. The molecule has 0 spiro atoms. The van der Waals surface area contributed by atoms with Crippen LogP contribution in [0.5, 0.6) is 5.75 Å². The van der Waals surface area contributed by atoms with E-state index in [1.807, 2.05) is 5.32 Å². The maximum atomic E-state index is 12.3. The normalized spacial score (nSPS) is 11.7. The minimum absolute atomic E-state index is 0.250. The molecule has 1 amide bonds. The van der Waals surface area contributed by atoms with Crippen molar-refractivity contribution in [2.24, 2.45) is 0 Å². The number of amides is 1. The van der Waals surface area contributed by atoms with E-state index in [9.17, 15) is 14.0 Å². The third-order valence-corrected chi connectivity index (χ3v) is 2.43. The van der Waals surface area contributed by atoms with Crippen LogP contribution in [0.4, 0.5) is 4.39 Å². The first-order valence-electron chi connectivity index (χ1n) is 5.09. The average molecular weight is 310 g/mol. The van der Waals surface area contributed by atoms with Gasteiger partial charge in [0.25, 0.3) is 5.91 Å². The monoisotopic (exact) mass is 309 g/mol. The van der Waals surface area contributed by atoms with Gasteiger partial charge in [0, 0.05) is 10.0 Å². The number of carbonyl (C=O) groups is 2. The van der Waals surface area contributed by atoms with Crippen LogP contribution in [0.25, 0.3) is 0 Å². The molecule has 2 N–H and O–H groups in total. The third kappa shape index (κ3) is 5.32. The van der Waals surface area contributed by atoms with Crippen molar-refractivity contribution >= 4 is 35.1 Å². The maximum absolute atomic E-state index is 12.3. The van der Waals surface area contributed by atoms with Crippen molar-refractivity contribution < 1.29 is 23.8 Å². The largest absolute Gasteiger partial charge is 0.484 e. The van der Waals surface area contributed by atoms with Gasteiger partial charge in [0.05, 0.1) is 0 Å². The molecular formula is C11H10Cl2FNO4. The molecule has 1 atom stereocenters. The van der Waals surface area contributed by atoms with Crippen LogP contribution in [0.2, 0.25) is 10.0 Å². The topological polar surface area (TPSA) is 75.6 Å². The highest BCUT2D eigenvalue weighted by Gasteiger charge is 2.19. The number of carbonyl (C=O) groups excluding carboxylic acids is 1. The lowest BCUT2D eigenvalue weighted by atomic mass is 10.3. The molecule has 0 aromatic heterocycles. The Hall–Kier alpha value is -1.53. The number of aliphatic carboxylic acids is 1. The quantitative estimate of drug-likeness (QED) is 0.841. The van der Waals surface area contributed by atoms with Gasteiger partial charge in [0.2, 0.25) is 0 Å². The molecule has 0 aliphatic carbocycles. The number of hydrogen-bond acceptors (Lipinski definition) is 3. The van der Waals surface area contributed by atoms with E-state index in [1.165, 1.54) is 18.2 Å². The summed E-state index contributed by atoms with van der Waals surface area (Å²) in [5, 5.41) is 11.2. The summed E-state index contributed by atoms with van der Waals surface area (Å²) >= 11 is 11.4. The number of carboxylic acids is 1. The number of benzene rings is 1. The van der Waals surface area contributed by atoms with Gasteiger partial charge in [-0.05, 0) is 18.2 Å². The number of ether oxygens (including phenoxy) is 1. The number of rotatable bonds is 6. The summed E-state index contributed by atoms with van der Waals surface area (Å²) in [6.45, 7) is -1.68. The summed E-state index contributed by atoms with van der Waals surface area (Å²) in [7, 11) is 0. The van der Waals surface area contributed by atoms with E-state index >= 15 is 0 Å². The Morgan fingerprint density at radius 3 is 2.37 bits per heavy atom. The van der Waals surface area contributed by atoms with Gasteiger partial charge in [-0.2, -0.15) is 0 Å². The first-order valence-corrected chi connectivity index (χ1v) is 5.85. The molecule has 1 unspecified atom stereocenters. The Balaban J connectivity index is 2.52. The minimum Gasteiger partial charge on any atom is -0.484 e. The van der Waals surface area contributed by atoms with Gasteiger partial charge in [0.15, 0.2) is 12.6 Å². The van der Waals surface area contributed by atoms with Crippen molar-refractivity contribution in [3.8, 4) is 5.75 Å². The van der Waals surface area contributed by atoms with Crippen molar-refractivity contribution in [3.63, 3.8) is 0 Å². The van der Waals surface area contributed by atoms with Crippen molar-refractivity contribution in [2.75, 3.05) is 13.3 Å². The van der Waals surface area contributed by atoms with Gasteiger partial charge < -0.3 is 15.2 Å². The Bertz CT molecular complexity index is 464. The Morgan fingerprint density at radius 2 is 1.89 bits per heavy atom. The first-order chi connectivity index (χ1) is 8.92. The zero-order valence-electron chi connectivity index (χ0n) is 9.53. The van der Waals surface area contributed by atoms with E-state index < -0.39 is 31.2 Å². The zero-order chi connectivity index (χ0) is 14.4. The minimum atomic E-state index is -1.58. The number of nitrogens with one attached hydrogen (secondary N) is 1. The van der Waals surface area contributed by atoms with Crippen LogP contribution in [-0.4, -0.2) is 36.3 Å². The molecule has 0 radical (unpaired) electrons. The van der Waals surface area contributed by atoms with E-state index in [2.05, 4.69) is 0 Å².